The molecule has 1 amide bonds. The van der Waals surface area contributed by atoms with Gasteiger partial charge in [-0.1, -0.05) is 35.5 Å². The molecular formula is C16H18N2O4. The highest BCUT2D eigenvalue weighted by molar-refractivity contribution is 5.93. The number of benzene rings is 1. The van der Waals surface area contributed by atoms with Crippen LogP contribution in [0.15, 0.2) is 40.9 Å². The third kappa shape index (κ3) is 3.35. The van der Waals surface area contributed by atoms with Crippen molar-refractivity contribution >= 4 is 5.91 Å². The lowest BCUT2D eigenvalue weighted by Crippen LogP contribution is -2.33. The molecule has 116 valence electrons. The molecule has 0 spiro atoms. The molecule has 22 heavy (non-hydrogen) atoms. The maximum absolute atomic E-state index is 12.1. The smallest absolute Gasteiger partial charge is 0.273 e. The molecule has 6 nitrogen and oxygen atoms in total. The van der Waals surface area contributed by atoms with Gasteiger partial charge in [0.25, 0.3) is 5.91 Å². The van der Waals surface area contributed by atoms with E-state index in [0.29, 0.717) is 31.9 Å². The number of nitrogens with zero attached hydrogens (tertiary/aromatic N) is 1. The fourth-order valence-electron chi connectivity index (χ4n) is 2.32. The minimum atomic E-state index is -0.605. The van der Waals surface area contributed by atoms with Gasteiger partial charge in [0.2, 0.25) is 0 Å². The first-order chi connectivity index (χ1) is 10.7. The van der Waals surface area contributed by atoms with E-state index in [9.17, 15) is 4.79 Å². The highest BCUT2D eigenvalue weighted by Gasteiger charge is 2.30. The Labute approximate surface area is 128 Å². The third-order valence-electron chi connectivity index (χ3n) is 3.56. The number of hydrogen-bond acceptors (Lipinski definition) is 5. The largest absolute Gasteiger partial charge is 0.355 e. The zero-order valence-corrected chi connectivity index (χ0v) is 12.4. The van der Waals surface area contributed by atoms with E-state index >= 15 is 0 Å². The molecule has 3 rings (SSSR count). The summed E-state index contributed by atoms with van der Waals surface area (Å²) in [6.07, 6.45) is 0.585. The van der Waals surface area contributed by atoms with Crippen LogP contribution >= 0.6 is 0 Å². The molecule has 1 fully saturated rings. The molecule has 1 aromatic carbocycles. The predicted molar refractivity (Wildman–Crippen MR) is 79.2 cm³/mol. The monoisotopic (exact) mass is 302 g/mol. The standard InChI is InChI=1S/C16H18N2O4/c1-16(20-9-10-21-16)7-8-17-15(19)13-11-14(22-18-13)12-5-3-2-4-6-12/h2-6,11H,7-10H2,1H3,(H,17,19). The second-order valence-electron chi connectivity index (χ2n) is 5.28. The van der Waals surface area contributed by atoms with E-state index in [1.807, 2.05) is 37.3 Å². The van der Waals surface area contributed by atoms with Gasteiger partial charge in [0.05, 0.1) is 13.2 Å². The van der Waals surface area contributed by atoms with Crippen molar-refractivity contribution in [1.82, 2.24) is 10.5 Å². The van der Waals surface area contributed by atoms with Crippen LogP contribution in [0.3, 0.4) is 0 Å². The molecule has 1 N–H and O–H groups in total. The first kappa shape index (κ1) is 14.7. The molecule has 2 heterocycles. The maximum Gasteiger partial charge on any atom is 0.273 e. The lowest BCUT2D eigenvalue weighted by molar-refractivity contribution is -0.145. The molecule has 0 atom stereocenters. The zero-order valence-electron chi connectivity index (χ0n) is 12.4. The summed E-state index contributed by atoms with van der Waals surface area (Å²) >= 11 is 0. The van der Waals surface area contributed by atoms with Crippen molar-refractivity contribution in [1.29, 1.82) is 0 Å². The van der Waals surface area contributed by atoms with Crippen molar-refractivity contribution in [3.8, 4) is 11.3 Å². The number of rotatable bonds is 5. The number of hydrogen-bond donors (Lipinski definition) is 1. The van der Waals surface area contributed by atoms with Crippen LogP contribution in [0.25, 0.3) is 11.3 Å². The summed E-state index contributed by atoms with van der Waals surface area (Å²) in [5.74, 6) is -0.306. The van der Waals surface area contributed by atoms with Gasteiger partial charge in [-0.2, -0.15) is 0 Å². The van der Waals surface area contributed by atoms with E-state index in [1.165, 1.54) is 0 Å². The minimum absolute atomic E-state index is 0.261. The fourth-order valence-corrected chi connectivity index (χ4v) is 2.32. The van der Waals surface area contributed by atoms with Gasteiger partial charge in [-0.15, -0.1) is 0 Å². The van der Waals surface area contributed by atoms with E-state index in [-0.39, 0.29) is 11.6 Å². The summed E-state index contributed by atoms with van der Waals surface area (Å²) in [6.45, 7) is 3.50. The van der Waals surface area contributed by atoms with Gasteiger partial charge in [0.1, 0.15) is 0 Å². The number of amides is 1. The van der Waals surface area contributed by atoms with Gasteiger partial charge in [-0.25, -0.2) is 0 Å². The average Bonchev–Trinajstić information content (AvgIpc) is 3.18. The van der Waals surface area contributed by atoms with E-state index < -0.39 is 5.79 Å². The van der Waals surface area contributed by atoms with Gasteiger partial charge in [0.15, 0.2) is 17.2 Å². The van der Waals surface area contributed by atoms with Crippen LogP contribution in [0.4, 0.5) is 0 Å². The molecule has 0 radical (unpaired) electrons. The number of aromatic nitrogens is 1. The highest BCUT2D eigenvalue weighted by atomic mass is 16.7. The summed E-state index contributed by atoms with van der Waals surface area (Å²) in [4.78, 5) is 12.1. The van der Waals surface area contributed by atoms with Crippen molar-refractivity contribution in [3.05, 3.63) is 42.1 Å². The predicted octanol–water partition coefficient (Wildman–Crippen LogP) is 2.22. The Balaban J connectivity index is 1.56. The molecule has 1 aliphatic heterocycles. The van der Waals surface area contributed by atoms with Gasteiger partial charge in [-0.05, 0) is 6.92 Å². The summed E-state index contributed by atoms with van der Waals surface area (Å²) in [5.41, 5.74) is 1.14. The number of carbonyl (C=O) groups excluding carboxylic acids is 1. The van der Waals surface area contributed by atoms with Gasteiger partial charge in [0, 0.05) is 24.6 Å². The van der Waals surface area contributed by atoms with Crippen LogP contribution < -0.4 is 5.32 Å². The Bertz CT molecular complexity index is 633. The van der Waals surface area contributed by atoms with E-state index in [0.717, 1.165) is 5.56 Å². The van der Waals surface area contributed by atoms with Crippen molar-refractivity contribution in [3.63, 3.8) is 0 Å². The molecule has 0 unspecified atom stereocenters. The molecular weight excluding hydrogens is 284 g/mol. The molecule has 0 aliphatic carbocycles. The quantitative estimate of drug-likeness (QED) is 0.916. The Morgan fingerprint density at radius 2 is 2.00 bits per heavy atom. The molecule has 6 heteroatoms. The molecule has 0 saturated carbocycles. The van der Waals surface area contributed by atoms with Crippen LogP contribution in [0, 0.1) is 0 Å². The number of nitrogens with one attached hydrogen (secondary N) is 1. The summed E-state index contributed by atoms with van der Waals surface area (Å²) in [7, 11) is 0. The van der Waals surface area contributed by atoms with Crippen molar-refractivity contribution in [2.24, 2.45) is 0 Å². The molecule has 1 aliphatic rings. The SMILES string of the molecule is CC1(CCNC(=O)c2cc(-c3ccccc3)on2)OCCO1. The number of carbonyl (C=O) groups is 1. The Morgan fingerprint density at radius 3 is 2.73 bits per heavy atom. The first-order valence-electron chi connectivity index (χ1n) is 7.25. The average molecular weight is 302 g/mol. The highest BCUT2D eigenvalue weighted by Crippen LogP contribution is 2.22. The topological polar surface area (TPSA) is 73.6 Å². The van der Waals surface area contributed by atoms with Gasteiger partial charge < -0.3 is 19.3 Å². The number of ether oxygens (including phenoxy) is 2. The second kappa shape index (κ2) is 6.29. The third-order valence-corrected chi connectivity index (χ3v) is 3.56. The molecule has 0 bridgehead atoms. The van der Waals surface area contributed by atoms with Gasteiger partial charge >= 0.3 is 0 Å². The Morgan fingerprint density at radius 1 is 1.27 bits per heavy atom. The van der Waals surface area contributed by atoms with Crippen molar-refractivity contribution in [2.75, 3.05) is 19.8 Å². The van der Waals surface area contributed by atoms with Crippen LogP contribution in [0.1, 0.15) is 23.8 Å². The lowest BCUT2D eigenvalue weighted by atomic mass is 10.1. The molecule has 1 aromatic heterocycles. The summed E-state index contributed by atoms with van der Waals surface area (Å²) in [6, 6.07) is 11.2. The van der Waals surface area contributed by atoms with Crippen LogP contribution in [0.2, 0.25) is 0 Å². The lowest BCUT2D eigenvalue weighted by Gasteiger charge is -2.21. The fraction of sp³-hybridized carbons (Fsp3) is 0.375. The normalized spacial score (nSPS) is 16.6. The molecule has 2 aromatic rings. The van der Waals surface area contributed by atoms with Gasteiger partial charge in [-0.3, -0.25) is 4.79 Å². The van der Waals surface area contributed by atoms with Crippen molar-refractivity contribution < 1.29 is 18.8 Å². The molecule has 1 saturated heterocycles. The summed E-state index contributed by atoms with van der Waals surface area (Å²) in [5, 5.41) is 6.61. The van der Waals surface area contributed by atoms with Crippen LogP contribution in [-0.2, 0) is 9.47 Å². The van der Waals surface area contributed by atoms with E-state index in [1.54, 1.807) is 6.07 Å². The second-order valence-corrected chi connectivity index (χ2v) is 5.28. The Kier molecular flexibility index (Phi) is 4.22. The minimum Gasteiger partial charge on any atom is -0.355 e. The van der Waals surface area contributed by atoms with Crippen LogP contribution in [0.5, 0.6) is 0 Å². The first-order valence-corrected chi connectivity index (χ1v) is 7.25. The van der Waals surface area contributed by atoms with E-state index in [4.69, 9.17) is 14.0 Å². The maximum atomic E-state index is 12.1. The van der Waals surface area contributed by atoms with Crippen molar-refractivity contribution in [2.45, 2.75) is 19.1 Å². The van der Waals surface area contributed by atoms with Crippen LogP contribution in [-0.4, -0.2) is 36.6 Å². The Hall–Kier alpha value is -2.18. The van der Waals surface area contributed by atoms with E-state index in [2.05, 4.69) is 10.5 Å². The zero-order chi connectivity index (χ0) is 15.4. The summed E-state index contributed by atoms with van der Waals surface area (Å²) < 4.78 is 16.2.